The van der Waals surface area contributed by atoms with Gasteiger partial charge in [-0.05, 0) is 18.1 Å². The molecule has 1 fully saturated rings. The molecule has 0 bridgehead atoms. The number of carbonyl (C=O) groups is 3. The summed E-state index contributed by atoms with van der Waals surface area (Å²) in [5.41, 5.74) is 1.83. The number of hydrogen-bond acceptors (Lipinski definition) is 5. The van der Waals surface area contributed by atoms with Crippen LogP contribution in [0.4, 0.5) is 0 Å². The van der Waals surface area contributed by atoms with Gasteiger partial charge in [-0.3, -0.25) is 14.9 Å². The predicted octanol–water partition coefficient (Wildman–Crippen LogP) is -3.31. The number of benzene rings is 2. The second-order valence-electron chi connectivity index (χ2n) is 6.83. The molecule has 29 heavy (non-hydrogen) atoms. The summed E-state index contributed by atoms with van der Waals surface area (Å²) < 4.78 is 0. The molecule has 4 atom stereocenters. The molecule has 1 aliphatic heterocycles. The molecule has 7 nitrogen and oxygen atoms in total. The average molecular weight is 403 g/mol. The molecule has 3 N–H and O–H groups in total. The molecule has 1 aliphatic rings. The van der Waals surface area contributed by atoms with Crippen molar-refractivity contribution in [3.63, 3.8) is 0 Å². The van der Waals surface area contributed by atoms with Gasteiger partial charge in [0.15, 0.2) is 0 Å². The largest absolute Gasteiger partial charge is 1.00 e. The fourth-order valence-corrected chi connectivity index (χ4v) is 3.03. The molecule has 0 radical (unpaired) electrons. The minimum absolute atomic E-state index is 0. The third kappa shape index (κ3) is 6.40. The number of rotatable bonds is 8. The van der Waals surface area contributed by atoms with Crippen LogP contribution in [0.3, 0.4) is 0 Å². The second kappa shape index (κ2) is 10.5. The van der Waals surface area contributed by atoms with Gasteiger partial charge in [-0.1, -0.05) is 60.7 Å². The Kier molecular flexibility index (Phi) is 8.40. The van der Waals surface area contributed by atoms with Crippen molar-refractivity contribution in [2.24, 2.45) is 0 Å². The standard InChI is InChI=1S/C21H23N3O4.Na/c1-13(15-10-6-3-7-11-15)22-19(25)16(12-14-8-4-2-5-9-14)23-20(26)17-18(24-17)21(27)28;/h2-11,13,16-18,24H,12H2,1H3,(H,22,25)(H,23,26)(H,27,28);/q;+1/p-1/t13-,16+,17+,18+;/m1./s1. The molecular formula is C21H22N3NaO4. The number of aliphatic carboxylic acids is 1. The molecule has 8 heteroatoms. The third-order valence-electron chi connectivity index (χ3n) is 4.69. The zero-order valence-electron chi connectivity index (χ0n) is 16.4. The van der Waals surface area contributed by atoms with Gasteiger partial charge in [0.2, 0.25) is 11.8 Å². The first-order valence-corrected chi connectivity index (χ1v) is 9.12. The van der Waals surface area contributed by atoms with Crippen LogP contribution < -0.4 is 50.6 Å². The van der Waals surface area contributed by atoms with E-state index in [2.05, 4.69) is 16.0 Å². The van der Waals surface area contributed by atoms with Gasteiger partial charge in [0.05, 0.1) is 18.1 Å². The Morgan fingerprint density at radius 2 is 1.55 bits per heavy atom. The van der Waals surface area contributed by atoms with Gasteiger partial charge >= 0.3 is 29.6 Å². The molecule has 2 aromatic carbocycles. The molecule has 0 aromatic heterocycles. The van der Waals surface area contributed by atoms with Gasteiger partial charge < -0.3 is 20.5 Å². The Morgan fingerprint density at radius 1 is 0.966 bits per heavy atom. The normalized spacial score (nSPS) is 19.2. The SMILES string of the molecule is C[C@@H](NC(=O)[C@H](Cc1ccccc1)NC(=O)[C@H]1N[C@@H]1C(=O)[O-])c1ccccc1.[Na+]. The number of carbonyl (C=O) groups excluding carboxylic acids is 3. The van der Waals surface area contributed by atoms with Crippen molar-refractivity contribution < 1.29 is 49.0 Å². The monoisotopic (exact) mass is 403 g/mol. The van der Waals surface area contributed by atoms with E-state index in [1.807, 2.05) is 67.6 Å². The van der Waals surface area contributed by atoms with E-state index in [1.165, 1.54) is 0 Å². The molecule has 2 aromatic rings. The number of amides is 2. The molecule has 2 amide bonds. The van der Waals surface area contributed by atoms with Crippen molar-refractivity contribution in [1.29, 1.82) is 0 Å². The van der Waals surface area contributed by atoms with Gasteiger partial charge in [0, 0.05) is 6.42 Å². The minimum atomic E-state index is -1.33. The Hall–Kier alpha value is -2.19. The summed E-state index contributed by atoms with van der Waals surface area (Å²) in [7, 11) is 0. The van der Waals surface area contributed by atoms with Crippen molar-refractivity contribution in [1.82, 2.24) is 16.0 Å². The molecule has 0 aliphatic carbocycles. The summed E-state index contributed by atoms with van der Waals surface area (Å²) in [6, 6.07) is 15.9. The number of hydrogen-bond donors (Lipinski definition) is 3. The Bertz CT molecular complexity index is 848. The zero-order chi connectivity index (χ0) is 20.1. The maximum atomic E-state index is 12.9. The van der Waals surface area contributed by atoms with Gasteiger partial charge in [-0.2, -0.15) is 0 Å². The molecule has 0 unspecified atom stereocenters. The molecule has 0 saturated carbocycles. The molecule has 0 spiro atoms. The van der Waals surface area contributed by atoms with Crippen LogP contribution in [0, 0.1) is 0 Å². The van der Waals surface area contributed by atoms with Gasteiger partial charge in [-0.15, -0.1) is 0 Å². The smallest absolute Gasteiger partial charge is 0.548 e. The Labute approximate surface area is 191 Å². The van der Waals surface area contributed by atoms with Crippen molar-refractivity contribution in [3.8, 4) is 0 Å². The fourth-order valence-electron chi connectivity index (χ4n) is 3.03. The van der Waals surface area contributed by atoms with E-state index in [-0.39, 0.29) is 41.5 Å². The van der Waals surface area contributed by atoms with Gasteiger partial charge in [0.25, 0.3) is 0 Å². The summed E-state index contributed by atoms with van der Waals surface area (Å²) in [5.74, 6) is -2.20. The fraction of sp³-hybridized carbons (Fsp3) is 0.286. The Morgan fingerprint density at radius 3 is 2.10 bits per heavy atom. The molecule has 1 saturated heterocycles. The van der Waals surface area contributed by atoms with Crippen LogP contribution in [0.1, 0.15) is 24.1 Å². The number of carboxylic acid groups (broad SMARTS) is 1. The van der Waals surface area contributed by atoms with E-state index in [9.17, 15) is 19.5 Å². The predicted molar refractivity (Wildman–Crippen MR) is 101 cm³/mol. The number of carboxylic acids is 1. The Balaban J connectivity index is 0.00000300. The van der Waals surface area contributed by atoms with Crippen LogP contribution in [0.5, 0.6) is 0 Å². The van der Waals surface area contributed by atoms with Gasteiger partial charge in [0.1, 0.15) is 12.1 Å². The summed E-state index contributed by atoms with van der Waals surface area (Å²) in [4.78, 5) is 36.0. The quantitative estimate of drug-likeness (QED) is 0.315. The van der Waals surface area contributed by atoms with E-state index in [0.717, 1.165) is 11.1 Å². The second-order valence-corrected chi connectivity index (χ2v) is 6.83. The van der Waals surface area contributed by atoms with E-state index in [0.29, 0.717) is 6.42 Å². The van der Waals surface area contributed by atoms with Crippen molar-refractivity contribution >= 4 is 17.8 Å². The van der Waals surface area contributed by atoms with Crippen LogP contribution in [-0.2, 0) is 20.8 Å². The first-order valence-electron chi connectivity index (χ1n) is 9.12. The van der Waals surface area contributed by atoms with Crippen LogP contribution in [0.15, 0.2) is 60.7 Å². The molecular weight excluding hydrogens is 381 g/mol. The third-order valence-corrected chi connectivity index (χ3v) is 4.69. The first kappa shape index (κ1) is 23.1. The van der Waals surface area contributed by atoms with Crippen LogP contribution in [0.2, 0.25) is 0 Å². The maximum Gasteiger partial charge on any atom is 1.00 e. The summed E-state index contributed by atoms with van der Waals surface area (Å²) in [5, 5.41) is 19.0. The van der Waals surface area contributed by atoms with E-state index >= 15 is 0 Å². The van der Waals surface area contributed by atoms with E-state index < -0.39 is 30.0 Å². The summed E-state index contributed by atoms with van der Waals surface area (Å²) in [6.07, 6.45) is 0.294. The van der Waals surface area contributed by atoms with Crippen molar-refractivity contribution in [2.45, 2.75) is 37.5 Å². The number of nitrogens with one attached hydrogen (secondary N) is 3. The molecule has 1 heterocycles. The zero-order valence-corrected chi connectivity index (χ0v) is 18.4. The van der Waals surface area contributed by atoms with Crippen LogP contribution in [-0.4, -0.2) is 35.9 Å². The van der Waals surface area contributed by atoms with Crippen LogP contribution in [0.25, 0.3) is 0 Å². The molecule has 3 rings (SSSR count). The first-order chi connectivity index (χ1) is 13.5. The minimum Gasteiger partial charge on any atom is -0.548 e. The van der Waals surface area contributed by atoms with Crippen molar-refractivity contribution in [3.05, 3.63) is 71.8 Å². The van der Waals surface area contributed by atoms with E-state index in [4.69, 9.17) is 0 Å². The average Bonchev–Trinajstić information content (AvgIpc) is 3.50. The van der Waals surface area contributed by atoms with Gasteiger partial charge in [-0.25, -0.2) is 0 Å². The molecule has 146 valence electrons. The maximum absolute atomic E-state index is 12.9. The summed E-state index contributed by atoms with van der Waals surface area (Å²) >= 11 is 0. The summed E-state index contributed by atoms with van der Waals surface area (Å²) in [6.45, 7) is 1.86. The van der Waals surface area contributed by atoms with Crippen molar-refractivity contribution in [2.75, 3.05) is 0 Å². The van der Waals surface area contributed by atoms with Crippen LogP contribution >= 0.6 is 0 Å². The van der Waals surface area contributed by atoms with E-state index in [1.54, 1.807) is 0 Å². The topological polar surface area (TPSA) is 120 Å².